The van der Waals surface area contributed by atoms with Crippen molar-refractivity contribution >= 4 is 17.6 Å². The lowest BCUT2D eigenvalue weighted by atomic mass is 9.80. The van der Waals surface area contributed by atoms with Gasteiger partial charge in [0.2, 0.25) is 0 Å². The molecule has 0 saturated carbocycles. The van der Waals surface area contributed by atoms with Gasteiger partial charge >= 0.3 is 5.97 Å². The van der Waals surface area contributed by atoms with Crippen LogP contribution in [0.15, 0.2) is 60.9 Å². The Hall–Kier alpha value is -2.57. The molecule has 1 aliphatic rings. The molecule has 30 heavy (non-hydrogen) atoms. The number of halogens is 2. The minimum absolute atomic E-state index is 0.258. The Bertz CT molecular complexity index is 909. The molecule has 5 nitrogen and oxygen atoms in total. The summed E-state index contributed by atoms with van der Waals surface area (Å²) >= 11 is 6.52. The van der Waals surface area contributed by atoms with Gasteiger partial charge in [-0.2, -0.15) is 0 Å². The van der Waals surface area contributed by atoms with Gasteiger partial charge in [-0.3, -0.25) is 9.69 Å². The van der Waals surface area contributed by atoms with Gasteiger partial charge in [-0.1, -0.05) is 48.5 Å². The van der Waals surface area contributed by atoms with Gasteiger partial charge in [0.1, 0.15) is 5.82 Å². The highest BCUT2D eigenvalue weighted by molar-refractivity contribution is 6.31. The Kier molecular flexibility index (Phi) is 7.00. The van der Waals surface area contributed by atoms with E-state index in [0.29, 0.717) is 36.0 Å². The van der Waals surface area contributed by atoms with Gasteiger partial charge in [0.05, 0.1) is 23.9 Å². The molecule has 1 saturated heterocycles. The van der Waals surface area contributed by atoms with Crippen molar-refractivity contribution in [3.63, 3.8) is 0 Å². The van der Waals surface area contributed by atoms with Gasteiger partial charge < -0.3 is 15.4 Å². The van der Waals surface area contributed by atoms with Gasteiger partial charge in [0.15, 0.2) is 0 Å². The topological polar surface area (TPSA) is 53.6 Å². The minimum Gasteiger partial charge on any atom is -0.466 e. The molecule has 0 aliphatic carbocycles. The summed E-state index contributed by atoms with van der Waals surface area (Å²) in [5, 5.41) is 6.67. The highest BCUT2D eigenvalue weighted by Crippen LogP contribution is 2.42. The number of carbonyl (C=O) groups excluding carboxylic acids is 1. The van der Waals surface area contributed by atoms with E-state index in [2.05, 4.69) is 22.1 Å². The molecule has 1 aliphatic heterocycles. The Morgan fingerprint density at radius 3 is 2.73 bits per heavy atom. The van der Waals surface area contributed by atoms with E-state index in [1.54, 1.807) is 14.0 Å². The number of esters is 1. The second-order valence-electron chi connectivity index (χ2n) is 7.41. The van der Waals surface area contributed by atoms with Gasteiger partial charge in [0, 0.05) is 37.3 Å². The van der Waals surface area contributed by atoms with Crippen LogP contribution in [0.1, 0.15) is 18.1 Å². The SMILES string of the molecule is C=C(NC)N[C@@]1(c2cc(F)ccc2Cl)CN(Cc2ccccc2)C[C@@H]1C(=O)OCC. The summed E-state index contributed by atoms with van der Waals surface area (Å²) in [6, 6.07) is 14.2. The third-order valence-electron chi connectivity index (χ3n) is 5.41. The average molecular weight is 432 g/mol. The molecule has 2 aromatic carbocycles. The van der Waals surface area contributed by atoms with E-state index in [9.17, 15) is 9.18 Å². The number of ether oxygens (including phenoxy) is 1. The van der Waals surface area contributed by atoms with Crippen molar-refractivity contribution in [1.29, 1.82) is 0 Å². The summed E-state index contributed by atoms with van der Waals surface area (Å²) < 4.78 is 19.6. The first-order valence-electron chi connectivity index (χ1n) is 9.93. The smallest absolute Gasteiger partial charge is 0.313 e. The summed E-state index contributed by atoms with van der Waals surface area (Å²) in [6.45, 7) is 7.50. The number of rotatable bonds is 8. The molecule has 1 heterocycles. The van der Waals surface area contributed by atoms with Gasteiger partial charge in [0.25, 0.3) is 0 Å². The Morgan fingerprint density at radius 1 is 1.33 bits per heavy atom. The molecular formula is C23H27ClFN3O2. The molecule has 2 atom stereocenters. The van der Waals surface area contributed by atoms with Crippen LogP contribution in [0.2, 0.25) is 5.02 Å². The van der Waals surface area contributed by atoms with E-state index in [-0.39, 0.29) is 12.6 Å². The normalized spacial score (nSPS) is 21.3. The molecule has 2 N–H and O–H groups in total. The summed E-state index contributed by atoms with van der Waals surface area (Å²) in [5.74, 6) is -0.878. The van der Waals surface area contributed by atoms with Crippen molar-refractivity contribution in [3.05, 3.63) is 82.9 Å². The lowest BCUT2D eigenvalue weighted by molar-refractivity contribution is -0.149. The fourth-order valence-electron chi connectivity index (χ4n) is 4.06. The summed E-state index contributed by atoms with van der Waals surface area (Å²) in [5.41, 5.74) is 0.628. The first kappa shape index (κ1) is 22.1. The standard InChI is InChI=1S/C23H27ClFN3O2/c1-4-30-22(29)20-14-28(13-17-8-6-5-7-9-17)15-23(20,27-16(2)26-3)19-12-18(25)10-11-21(19)24/h5-12,20,26-27H,2,4,13-15H2,1,3H3/t20-,23-/m1/s1. The van der Waals surface area contributed by atoms with Crippen molar-refractivity contribution < 1.29 is 13.9 Å². The lowest BCUT2D eigenvalue weighted by Gasteiger charge is -2.37. The van der Waals surface area contributed by atoms with Crippen molar-refractivity contribution in [2.24, 2.45) is 5.92 Å². The van der Waals surface area contributed by atoms with Crippen LogP contribution in [0.25, 0.3) is 0 Å². The summed E-state index contributed by atoms with van der Waals surface area (Å²) in [6.07, 6.45) is 0. The predicted molar refractivity (Wildman–Crippen MR) is 116 cm³/mol. The number of benzene rings is 2. The maximum Gasteiger partial charge on any atom is 0.313 e. The molecule has 1 fully saturated rings. The fourth-order valence-corrected chi connectivity index (χ4v) is 4.35. The van der Waals surface area contributed by atoms with E-state index < -0.39 is 17.3 Å². The molecule has 160 valence electrons. The van der Waals surface area contributed by atoms with Crippen LogP contribution in [0.5, 0.6) is 0 Å². The number of likely N-dealkylation sites (tertiary alicyclic amines) is 1. The maximum atomic E-state index is 14.3. The number of nitrogens with one attached hydrogen (secondary N) is 2. The van der Waals surface area contributed by atoms with E-state index in [4.69, 9.17) is 16.3 Å². The van der Waals surface area contributed by atoms with Gasteiger partial charge in [-0.15, -0.1) is 0 Å². The highest BCUT2D eigenvalue weighted by atomic mass is 35.5. The number of nitrogens with zero attached hydrogens (tertiary/aromatic N) is 1. The van der Waals surface area contributed by atoms with Crippen molar-refractivity contribution in [1.82, 2.24) is 15.5 Å². The zero-order valence-electron chi connectivity index (χ0n) is 17.3. The van der Waals surface area contributed by atoms with Crippen molar-refractivity contribution in [2.75, 3.05) is 26.7 Å². The number of hydrogen-bond donors (Lipinski definition) is 2. The largest absolute Gasteiger partial charge is 0.466 e. The molecule has 3 rings (SSSR count). The average Bonchev–Trinajstić information content (AvgIpc) is 3.09. The molecule has 0 aromatic heterocycles. The summed E-state index contributed by atoms with van der Waals surface area (Å²) in [7, 11) is 1.73. The molecular weight excluding hydrogens is 405 g/mol. The molecule has 0 unspecified atom stereocenters. The van der Waals surface area contributed by atoms with Crippen LogP contribution in [0.3, 0.4) is 0 Å². The van der Waals surface area contributed by atoms with Crippen LogP contribution >= 0.6 is 11.6 Å². The van der Waals surface area contributed by atoms with Crippen LogP contribution in [0.4, 0.5) is 4.39 Å². The molecule has 0 bridgehead atoms. The van der Waals surface area contributed by atoms with Crippen LogP contribution in [-0.4, -0.2) is 37.6 Å². The maximum absolute atomic E-state index is 14.3. The molecule has 0 radical (unpaired) electrons. The van der Waals surface area contributed by atoms with Crippen molar-refractivity contribution in [3.8, 4) is 0 Å². The Balaban J connectivity index is 2.07. The monoisotopic (exact) mass is 431 g/mol. The van der Waals surface area contributed by atoms with Crippen molar-refractivity contribution in [2.45, 2.75) is 19.0 Å². The lowest BCUT2D eigenvalue weighted by Crippen LogP contribution is -2.53. The van der Waals surface area contributed by atoms with E-state index in [0.717, 1.165) is 5.56 Å². The third-order valence-corrected chi connectivity index (χ3v) is 5.74. The zero-order chi connectivity index (χ0) is 21.7. The first-order chi connectivity index (χ1) is 14.4. The molecule has 0 spiro atoms. The van der Waals surface area contributed by atoms with Crippen LogP contribution < -0.4 is 10.6 Å². The Morgan fingerprint density at radius 2 is 2.07 bits per heavy atom. The molecule has 2 aromatic rings. The van der Waals surface area contributed by atoms with Crippen LogP contribution in [0, 0.1) is 11.7 Å². The zero-order valence-corrected chi connectivity index (χ0v) is 18.0. The summed E-state index contributed by atoms with van der Waals surface area (Å²) in [4.78, 5) is 15.2. The number of hydrogen-bond acceptors (Lipinski definition) is 5. The van der Waals surface area contributed by atoms with E-state index >= 15 is 0 Å². The highest BCUT2D eigenvalue weighted by Gasteiger charge is 2.53. The third kappa shape index (κ3) is 4.60. The predicted octanol–water partition coefficient (Wildman–Crippen LogP) is 3.65. The first-order valence-corrected chi connectivity index (χ1v) is 10.3. The minimum atomic E-state index is -1.000. The molecule has 7 heteroatoms. The molecule has 0 amide bonds. The number of carbonyl (C=O) groups is 1. The van der Waals surface area contributed by atoms with Crippen LogP contribution in [-0.2, 0) is 21.6 Å². The Labute approximate surface area is 181 Å². The van der Waals surface area contributed by atoms with Gasteiger partial charge in [-0.25, -0.2) is 4.39 Å². The fraction of sp³-hybridized carbons (Fsp3) is 0.348. The van der Waals surface area contributed by atoms with Gasteiger partial charge in [-0.05, 0) is 30.7 Å². The quantitative estimate of drug-likeness (QED) is 0.625. The second kappa shape index (κ2) is 9.49. The second-order valence-corrected chi connectivity index (χ2v) is 7.82. The van der Waals surface area contributed by atoms with E-state index in [1.807, 2.05) is 30.3 Å². The van der Waals surface area contributed by atoms with E-state index in [1.165, 1.54) is 18.2 Å².